The minimum Gasteiger partial charge on any atom is -0.348 e. The fourth-order valence-corrected chi connectivity index (χ4v) is 3.58. The van der Waals surface area contributed by atoms with Gasteiger partial charge < -0.3 is 10.6 Å². The van der Waals surface area contributed by atoms with Crippen molar-refractivity contribution in [1.82, 2.24) is 35.4 Å². The van der Waals surface area contributed by atoms with Crippen molar-refractivity contribution in [3.05, 3.63) is 36.7 Å². The van der Waals surface area contributed by atoms with Gasteiger partial charge in [0, 0.05) is 29.9 Å². The van der Waals surface area contributed by atoms with Crippen LogP contribution in [0.1, 0.15) is 36.2 Å². The molecule has 1 amide bonds. The van der Waals surface area contributed by atoms with Gasteiger partial charge in [-0.05, 0) is 31.7 Å². The summed E-state index contributed by atoms with van der Waals surface area (Å²) in [7, 11) is 0. The molecule has 0 unspecified atom stereocenters. The minimum absolute atomic E-state index is 0.108. The molecule has 0 radical (unpaired) electrons. The summed E-state index contributed by atoms with van der Waals surface area (Å²) in [6, 6.07) is 1.50. The van der Waals surface area contributed by atoms with E-state index in [1.165, 1.54) is 0 Å². The molecule has 0 aromatic carbocycles. The van der Waals surface area contributed by atoms with Crippen molar-refractivity contribution in [3.63, 3.8) is 0 Å². The van der Waals surface area contributed by atoms with Crippen LogP contribution in [0.25, 0.3) is 16.7 Å². The van der Waals surface area contributed by atoms with Crippen LogP contribution >= 0.6 is 0 Å². The number of alkyl halides is 3. The Morgan fingerprint density at radius 3 is 2.69 bits per heavy atom. The third kappa shape index (κ3) is 4.56. The molecule has 0 bridgehead atoms. The number of carbonyl (C=O) groups is 1. The molecule has 3 aromatic heterocycles. The average molecular weight is 407 g/mol. The number of carbonyl (C=O) groups excluding carboxylic acids is 1. The van der Waals surface area contributed by atoms with Crippen LogP contribution in [0.5, 0.6) is 0 Å². The van der Waals surface area contributed by atoms with Crippen LogP contribution in [0.15, 0.2) is 31.0 Å². The van der Waals surface area contributed by atoms with Gasteiger partial charge in [-0.1, -0.05) is 0 Å². The zero-order valence-electron chi connectivity index (χ0n) is 15.4. The maximum absolute atomic E-state index is 12.9. The maximum Gasteiger partial charge on any atom is 0.401 e. The van der Waals surface area contributed by atoms with Gasteiger partial charge in [-0.15, -0.1) is 0 Å². The molecule has 11 heteroatoms. The molecule has 3 aromatic rings. The Kier molecular flexibility index (Phi) is 5.22. The summed E-state index contributed by atoms with van der Waals surface area (Å²) in [5.74, 6) is 0.203. The fourth-order valence-electron chi connectivity index (χ4n) is 3.58. The number of amides is 1. The number of hydrogen-bond acceptors (Lipinski definition) is 5. The highest BCUT2D eigenvalue weighted by atomic mass is 19.4. The summed E-state index contributed by atoms with van der Waals surface area (Å²) in [5, 5.41) is 13.0. The van der Waals surface area contributed by atoms with Crippen molar-refractivity contribution in [2.75, 3.05) is 6.54 Å². The van der Waals surface area contributed by atoms with Gasteiger partial charge in [-0.25, -0.2) is 9.97 Å². The number of halogens is 3. The largest absolute Gasteiger partial charge is 0.401 e. The van der Waals surface area contributed by atoms with E-state index in [4.69, 9.17) is 0 Å². The van der Waals surface area contributed by atoms with Crippen molar-refractivity contribution in [2.24, 2.45) is 0 Å². The Labute approximate surface area is 163 Å². The molecule has 154 valence electrons. The number of fused-ring (bicyclic) bond motifs is 1. The van der Waals surface area contributed by atoms with Crippen LogP contribution in [-0.2, 0) is 0 Å². The number of H-pyrrole nitrogens is 1. The van der Waals surface area contributed by atoms with Gasteiger partial charge in [-0.2, -0.15) is 18.3 Å². The van der Waals surface area contributed by atoms with Crippen molar-refractivity contribution in [3.8, 4) is 5.82 Å². The highest BCUT2D eigenvalue weighted by Gasteiger charge is 2.30. The summed E-state index contributed by atoms with van der Waals surface area (Å²) in [6.45, 7) is -0.989. The molecule has 0 aliphatic heterocycles. The quantitative estimate of drug-likeness (QED) is 0.603. The Balaban J connectivity index is 1.43. The van der Waals surface area contributed by atoms with Crippen LogP contribution < -0.4 is 10.6 Å². The Morgan fingerprint density at radius 2 is 2.00 bits per heavy atom. The lowest BCUT2D eigenvalue weighted by atomic mass is 9.91. The Bertz CT molecular complexity index is 975. The number of hydrogen-bond donors (Lipinski definition) is 3. The van der Waals surface area contributed by atoms with Crippen molar-refractivity contribution >= 4 is 16.8 Å². The van der Waals surface area contributed by atoms with Crippen LogP contribution in [0.3, 0.4) is 0 Å². The van der Waals surface area contributed by atoms with Gasteiger partial charge in [0.2, 0.25) is 0 Å². The predicted molar refractivity (Wildman–Crippen MR) is 98.6 cm³/mol. The maximum atomic E-state index is 12.9. The molecule has 3 N–H and O–H groups in total. The average Bonchev–Trinajstić information content (AvgIpc) is 3.37. The predicted octanol–water partition coefficient (Wildman–Crippen LogP) is 2.34. The summed E-state index contributed by atoms with van der Waals surface area (Å²) in [4.78, 5) is 21.3. The molecule has 0 spiro atoms. The lowest BCUT2D eigenvalue weighted by Gasteiger charge is -2.30. The lowest BCUT2D eigenvalue weighted by Crippen LogP contribution is -2.44. The second-order valence-corrected chi connectivity index (χ2v) is 7.15. The SMILES string of the molecule is O=C(N[C@H]1CC[C@H](NCC(F)(F)F)CC1)c1nc(-n2ccnc2)cc2cn[nH]c12. The first-order valence-corrected chi connectivity index (χ1v) is 9.32. The summed E-state index contributed by atoms with van der Waals surface area (Å²) in [5.41, 5.74) is 0.757. The van der Waals surface area contributed by atoms with E-state index in [9.17, 15) is 18.0 Å². The molecular formula is C18H20F3N7O. The first kappa shape index (κ1) is 19.4. The summed E-state index contributed by atoms with van der Waals surface area (Å²) >= 11 is 0. The molecule has 1 aliphatic rings. The lowest BCUT2D eigenvalue weighted by molar-refractivity contribution is -0.126. The van der Waals surface area contributed by atoms with Gasteiger partial charge >= 0.3 is 6.18 Å². The summed E-state index contributed by atoms with van der Waals surface area (Å²) < 4.78 is 38.7. The standard InChI is InChI=1S/C18H20F3N7O/c19-18(20,21)9-23-12-1-3-13(4-2-12)25-17(29)16-15-11(8-24-27-15)7-14(26-16)28-6-5-22-10-28/h5-8,10,12-13,23H,1-4,9H2,(H,24,27)(H,25,29)/t12-,13-. The monoisotopic (exact) mass is 407 g/mol. The minimum atomic E-state index is -4.22. The topological polar surface area (TPSA) is 101 Å². The van der Waals surface area contributed by atoms with E-state index < -0.39 is 12.7 Å². The van der Waals surface area contributed by atoms with Gasteiger partial charge in [-0.3, -0.25) is 14.5 Å². The summed E-state index contributed by atoms with van der Waals surface area (Å²) in [6.07, 6.45) is 4.69. The number of rotatable bonds is 5. The molecular weight excluding hydrogens is 387 g/mol. The number of aromatic nitrogens is 5. The second-order valence-electron chi connectivity index (χ2n) is 7.15. The highest BCUT2D eigenvalue weighted by Crippen LogP contribution is 2.22. The molecule has 8 nitrogen and oxygen atoms in total. The molecule has 0 atom stereocenters. The Hall–Kier alpha value is -2.95. The third-order valence-corrected chi connectivity index (χ3v) is 5.05. The van der Waals surface area contributed by atoms with Crippen molar-refractivity contribution < 1.29 is 18.0 Å². The van der Waals surface area contributed by atoms with Crippen LogP contribution in [0, 0.1) is 0 Å². The number of nitrogens with one attached hydrogen (secondary N) is 3. The molecule has 29 heavy (non-hydrogen) atoms. The smallest absolute Gasteiger partial charge is 0.348 e. The molecule has 3 heterocycles. The molecule has 0 saturated heterocycles. The van der Waals surface area contributed by atoms with E-state index in [-0.39, 0.29) is 23.7 Å². The zero-order chi connectivity index (χ0) is 20.4. The van der Waals surface area contributed by atoms with Gasteiger partial charge in [0.25, 0.3) is 5.91 Å². The Morgan fingerprint density at radius 1 is 1.24 bits per heavy atom. The van der Waals surface area contributed by atoms with E-state index in [1.54, 1.807) is 35.6 Å². The van der Waals surface area contributed by atoms with Crippen LogP contribution in [0.4, 0.5) is 13.2 Å². The first-order chi connectivity index (χ1) is 13.9. The molecule has 4 rings (SSSR count). The van der Waals surface area contributed by atoms with E-state index in [1.807, 2.05) is 0 Å². The zero-order valence-corrected chi connectivity index (χ0v) is 15.4. The number of nitrogens with zero attached hydrogens (tertiary/aromatic N) is 4. The highest BCUT2D eigenvalue weighted by molar-refractivity contribution is 6.04. The fraction of sp³-hybridized carbons (Fsp3) is 0.444. The molecule has 1 fully saturated rings. The van der Waals surface area contributed by atoms with E-state index in [2.05, 4.69) is 30.8 Å². The normalized spacial score (nSPS) is 20.1. The number of aromatic amines is 1. The van der Waals surface area contributed by atoms with Gasteiger partial charge in [0.05, 0.1) is 18.3 Å². The third-order valence-electron chi connectivity index (χ3n) is 5.05. The van der Waals surface area contributed by atoms with Crippen LogP contribution in [0.2, 0.25) is 0 Å². The first-order valence-electron chi connectivity index (χ1n) is 9.32. The second kappa shape index (κ2) is 7.82. The van der Waals surface area contributed by atoms with Gasteiger partial charge in [0.1, 0.15) is 12.1 Å². The van der Waals surface area contributed by atoms with Crippen molar-refractivity contribution in [1.29, 1.82) is 0 Å². The van der Waals surface area contributed by atoms with E-state index >= 15 is 0 Å². The van der Waals surface area contributed by atoms with Crippen molar-refractivity contribution in [2.45, 2.75) is 43.9 Å². The van der Waals surface area contributed by atoms with E-state index in [0.29, 0.717) is 37.0 Å². The molecule has 1 aliphatic carbocycles. The van der Waals surface area contributed by atoms with Gasteiger partial charge in [0.15, 0.2) is 5.69 Å². The molecule has 1 saturated carbocycles. The number of imidazole rings is 1. The van der Waals surface area contributed by atoms with Crippen LogP contribution in [-0.4, -0.2) is 55.4 Å². The number of pyridine rings is 1. The van der Waals surface area contributed by atoms with E-state index in [0.717, 1.165) is 5.39 Å².